The third kappa shape index (κ3) is 5.59. The van der Waals surface area contributed by atoms with Gasteiger partial charge < -0.3 is 14.8 Å². The molecule has 0 radical (unpaired) electrons. The second-order valence-electron chi connectivity index (χ2n) is 8.84. The van der Waals surface area contributed by atoms with Crippen LogP contribution in [0, 0.1) is 0 Å². The molecule has 2 aromatic carbocycles. The Balaban J connectivity index is 1.69. The van der Waals surface area contributed by atoms with E-state index in [9.17, 15) is 18.0 Å². The lowest BCUT2D eigenvalue weighted by atomic mass is 10.1. The van der Waals surface area contributed by atoms with E-state index in [0.29, 0.717) is 30.9 Å². The van der Waals surface area contributed by atoms with Gasteiger partial charge in [-0.15, -0.1) is 0 Å². The number of hydrogen-bond acceptors (Lipinski definition) is 7. The zero-order chi connectivity index (χ0) is 24.9. The molecular weight excluding hydrogens is 456 g/mol. The highest BCUT2D eigenvalue weighted by Crippen LogP contribution is 2.38. The fourth-order valence-electron chi connectivity index (χ4n) is 3.69. The summed E-state index contributed by atoms with van der Waals surface area (Å²) >= 11 is 0. The maximum atomic E-state index is 13.3. The molecule has 1 heterocycles. The van der Waals surface area contributed by atoms with E-state index in [0.717, 1.165) is 9.87 Å². The Morgan fingerprint density at radius 3 is 2.41 bits per heavy atom. The van der Waals surface area contributed by atoms with E-state index >= 15 is 0 Å². The molecule has 0 aromatic heterocycles. The van der Waals surface area contributed by atoms with Crippen LogP contribution in [-0.2, 0) is 30.8 Å². The van der Waals surface area contributed by atoms with Crippen molar-refractivity contribution in [3.8, 4) is 5.75 Å². The van der Waals surface area contributed by atoms with Crippen molar-refractivity contribution in [3.63, 3.8) is 0 Å². The topological polar surface area (TPSA) is 102 Å². The van der Waals surface area contributed by atoms with Crippen molar-refractivity contribution >= 4 is 26.8 Å². The zero-order valence-electron chi connectivity index (χ0n) is 19.8. The quantitative estimate of drug-likeness (QED) is 0.429. The number of carbonyl (C=O) groups is 2. The van der Waals surface area contributed by atoms with Gasteiger partial charge in [0.2, 0.25) is 0 Å². The summed E-state index contributed by atoms with van der Waals surface area (Å²) in [4.78, 5) is 24.6. The number of nitrogens with zero attached hydrogens (tertiary/aromatic N) is 1. The van der Waals surface area contributed by atoms with Crippen LogP contribution < -0.4 is 10.1 Å². The number of ether oxygens (including phenoxy) is 2. The predicted molar refractivity (Wildman–Crippen MR) is 129 cm³/mol. The van der Waals surface area contributed by atoms with Gasteiger partial charge in [0, 0.05) is 6.54 Å². The largest absolute Gasteiger partial charge is 0.494 e. The molecule has 0 fully saturated rings. The first-order chi connectivity index (χ1) is 16.1. The molecule has 0 atom stereocenters. The first-order valence-electron chi connectivity index (χ1n) is 11.0. The Morgan fingerprint density at radius 1 is 1.06 bits per heavy atom. The van der Waals surface area contributed by atoms with Crippen molar-refractivity contribution in [1.82, 2.24) is 9.62 Å². The number of sulfonamides is 1. The lowest BCUT2D eigenvalue weighted by Gasteiger charge is -2.30. The van der Waals surface area contributed by atoms with E-state index in [1.165, 1.54) is 7.11 Å². The van der Waals surface area contributed by atoms with Gasteiger partial charge in [0.1, 0.15) is 16.4 Å². The number of esters is 1. The van der Waals surface area contributed by atoms with Crippen LogP contribution in [0.25, 0.3) is 4.91 Å². The van der Waals surface area contributed by atoms with Gasteiger partial charge in [-0.05, 0) is 50.5 Å². The summed E-state index contributed by atoms with van der Waals surface area (Å²) in [6.45, 7) is 5.75. The van der Waals surface area contributed by atoms with Crippen molar-refractivity contribution in [3.05, 3.63) is 71.4 Å². The smallest absolute Gasteiger partial charge is 0.309 e. The molecule has 0 spiro atoms. The van der Waals surface area contributed by atoms with Gasteiger partial charge in [-0.25, -0.2) is 12.7 Å². The average molecular weight is 487 g/mol. The molecule has 0 aliphatic carbocycles. The zero-order valence-corrected chi connectivity index (χ0v) is 20.6. The van der Waals surface area contributed by atoms with Gasteiger partial charge in [-0.1, -0.05) is 42.5 Å². The summed E-state index contributed by atoms with van der Waals surface area (Å²) in [5.41, 5.74) is 0.409. The molecule has 1 amide bonds. The normalized spacial score (nSPS) is 15.4. The molecule has 0 saturated carbocycles. The second-order valence-corrected chi connectivity index (χ2v) is 10.6. The molecule has 0 unspecified atom stereocenters. The number of amides is 1. The van der Waals surface area contributed by atoms with Gasteiger partial charge in [0.05, 0.1) is 25.7 Å². The van der Waals surface area contributed by atoms with E-state index < -0.39 is 21.5 Å². The van der Waals surface area contributed by atoms with Crippen LogP contribution in [0.3, 0.4) is 0 Å². The molecule has 9 heteroatoms. The minimum atomic E-state index is -4.01. The van der Waals surface area contributed by atoms with E-state index in [4.69, 9.17) is 4.74 Å². The number of nitrogens with one attached hydrogen (secondary N) is 1. The minimum absolute atomic E-state index is 0.00976. The van der Waals surface area contributed by atoms with E-state index in [-0.39, 0.29) is 23.0 Å². The van der Waals surface area contributed by atoms with Gasteiger partial charge in [-0.2, -0.15) is 0 Å². The molecule has 3 rings (SSSR count). The molecule has 1 aliphatic heterocycles. The summed E-state index contributed by atoms with van der Waals surface area (Å²) in [7, 11) is -2.67. The van der Waals surface area contributed by atoms with Crippen molar-refractivity contribution in [2.75, 3.05) is 20.3 Å². The molecule has 34 heavy (non-hydrogen) atoms. The van der Waals surface area contributed by atoms with Crippen molar-refractivity contribution in [2.45, 2.75) is 39.2 Å². The van der Waals surface area contributed by atoms with Crippen LogP contribution in [0.15, 0.2) is 60.3 Å². The summed E-state index contributed by atoms with van der Waals surface area (Å²) < 4.78 is 38.0. The van der Waals surface area contributed by atoms with Crippen LogP contribution in [0.5, 0.6) is 5.75 Å². The van der Waals surface area contributed by atoms with E-state index in [1.807, 2.05) is 6.07 Å². The summed E-state index contributed by atoms with van der Waals surface area (Å²) in [6.07, 6.45) is 0.683. The van der Waals surface area contributed by atoms with Gasteiger partial charge in [0.15, 0.2) is 0 Å². The summed E-state index contributed by atoms with van der Waals surface area (Å²) in [6, 6.07) is 15.8. The number of hydrogen-bond donors (Lipinski definition) is 1. The monoisotopic (exact) mass is 486 g/mol. The SMILES string of the molecule is COC(=O)Cc1cccc(OCCCNC2=C(c3ccccc3)S(=O)(=O)N(C(C)(C)C)C2=O)c1. The van der Waals surface area contributed by atoms with Crippen LogP contribution >= 0.6 is 0 Å². The number of benzene rings is 2. The highest BCUT2D eigenvalue weighted by molar-refractivity contribution is 7.99. The van der Waals surface area contributed by atoms with Crippen LogP contribution in [0.2, 0.25) is 0 Å². The number of rotatable bonds is 9. The van der Waals surface area contributed by atoms with Crippen LogP contribution in [0.4, 0.5) is 0 Å². The maximum Gasteiger partial charge on any atom is 0.309 e. The minimum Gasteiger partial charge on any atom is -0.494 e. The van der Waals surface area contributed by atoms with E-state index in [2.05, 4.69) is 10.1 Å². The van der Waals surface area contributed by atoms with Crippen molar-refractivity contribution < 1.29 is 27.5 Å². The first-order valence-corrected chi connectivity index (χ1v) is 12.4. The molecule has 0 saturated heterocycles. The van der Waals surface area contributed by atoms with E-state index in [1.54, 1.807) is 69.3 Å². The molecule has 2 aromatic rings. The van der Waals surface area contributed by atoms with Crippen molar-refractivity contribution in [1.29, 1.82) is 0 Å². The van der Waals surface area contributed by atoms with Crippen LogP contribution in [0.1, 0.15) is 38.3 Å². The fourth-order valence-corrected chi connectivity index (χ4v) is 5.76. The number of carbonyl (C=O) groups excluding carboxylic acids is 2. The van der Waals surface area contributed by atoms with Gasteiger partial charge in [-0.3, -0.25) is 9.59 Å². The Morgan fingerprint density at radius 2 is 1.76 bits per heavy atom. The lowest BCUT2D eigenvalue weighted by molar-refractivity contribution is -0.139. The molecule has 1 N–H and O–H groups in total. The Kier molecular flexibility index (Phi) is 7.66. The van der Waals surface area contributed by atoms with Gasteiger partial charge >= 0.3 is 5.97 Å². The third-order valence-corrected chi connectivity index (χ3v) is 7.29. The summed E-state index contributed by atoms with van der Waals surface area (Å²) in [5, 5.41) is 3.04. The molecular formula is C25H30N2O6S. The Bertz CT molecular complexity index is 1180. The highest BCUT2D eigenvalue weighted by atomic mass is 32.2. The first kappa shape index (κ1) is 25.3. The summed E-state index contributed by atoms with van der Waals surface area (Å²) in [5.74, 6) is -0.281. The Labute approximate surface area is 200 Å². The standard InChI is InChI=1S/C25H30N2O6S/c1-25(2,3)27-24(29)22(23(34(27,30)31)19-11-6-5-7-12-19)26-14-9-15-33-20-13-8-10-18(16-20)17-21(28)32-4/h5-8,10-13,16,26H,9,14-15,17H2,1-4H3. The maximum absolute atomic E-state index is 13.3. The Hall–Kier alpha value is -3.33. The third-order valence-electron chi connectivity index (χ3n) is 5.14. The van der Waals surface area contributed by atoms with Gasteiger partial charge in [0.25, 0.3) is 15.9 Å². The predicted octanol–water partition coefficient (Wildman–Crippen LogP) is 3.10. The molecule has 8 nitrogen and oxygen atoms in total. The average Bonchev–Trinajstić information content (AvgIpc) is 2.98. The lowest BCUT2D eigenvalue weighted by Crippen LogP contribution is -2.46. The highest BCUT2D eigenvalue weighted by Gasteiger charge is 2.49. The molecule has 182 valence electrons. The number of methoxy groups -OCH3 is 1. The second kappa shape index (κ2) is 10.3. The molecule has 1 aliphatic rings. The fraction of sp³-hybridized carbons (Fsp3) is 0.360. The van der Waals surface area contributed by atoms with Crippen LogP contribution in [-0.4, -0.2) is 50.4 Å². The van der Waals surface area contributed by atoms with Crippen molar-refractivity contribution in [2.24, 2.45) is 0 Å². The molecule has 0 bridgehead atoms.